The summed E-state index contributed by atoms with van der Waals surface area (Å²) in [7, 11) is 0. The lowest BCUT2D eigenvalue weighted by Gasteiger charge is -2.22. The third-order valence-corrected chi connectivity index (χ3v) is 4.18. The maximum atomic E-state index is 12.8. The number of aromatic nitrogens is 1. The number of pyridine rings is 1. The summed E-state index contributed by atoms with van der Waals surface area (Å²) in [5, 5.41) is 5.69. The quantitative estimate of drug-likeness (QED) is 0.879. The van der Waals surface area contributed by atoms with E-state index >= 15 is 0 Å². The van der Waals surface area contributed by atoms with Crippen LogP contribution < -0.4 is 15.5 Å². The molecule has 25 heavy (non-hydrogen) atoms. The van der Waals surface area contributed by atoms with Crippen molar-refractivity contribution in [3.63, 3.8) is 0 Å². The number of benzene rings is 1. The summed E-state index contributed by atoms with van der Waals surface area (Å²) in [5.41, 5.74) is 3.06. The number of hydrogen-bond donors (Lipinski definition) is 2. The fourth-order valence-electron chi connectivity index (χ4n) is 3.01. The molecule has 3 rings (SSSR count). The van der Waals surface area contributed by atoms with E-state index < -0.39 is 0 Å². The molecule has 2 aromatic rings. The van der Waals surface area contributed by atoms with Gasteiger partial charge < -0.3 is 15.5 Å². The molecule has 0 saturated carbocycles. The first-order chi connectivity index (χ1) is 12.1. The Morgan fingerprint density at radius 2 is 2.00 bits per heavy atom. The van der Waals surface area contributed by atoms with Crippen LogP contribution >= 0.6 is 0 Å². The third-order valence-electron chi connectivity index (χ3n) is 4.18. The summed E-state index contributed by atoms with van der Waals surface area (Å²) in [6.07, 6.45) is 5.69. The Morgan fingerprint density at radius 3 is 2.68 bits per heavy atom. The second-order valence-electron chi connectivity index (χ2n) is 6.15. The molecule has 2 heterocycles. The predicted octanol–water partition coefficient (Wildman–Crippen LogP) is 2.57. The van der Waals surface area contributed by atoms with Gasteiger partial charge in [-0.1, -0.05) is 6.07 Å². The Labute approximate surface area is 147 Å². The van der Waals surface area contributed by atoms with E-state index in [4.69, 9.17) is 0 Å². The van der Waals surface area contributed by atoms with Gasteiger partial charge in [0.05, 0.1) is 5.56 Å². The Bertz CT molecular complexity index is 755. The largest absolute Gasteiger partial charge is 0.371 e. The second kappa shape index (κ2) is 7.79. The molecular formula is C19H22N4O2. The smallest absolute Gasteiger partial charge is 0.253 e. The Morgan fingerprint density at radius 1 is 1.20 bits per heavy atom. The van der Waals surface area contributed by atoms with Gasteiger partial charge in [0.25, 0.3) is 5.91 Å². The van der Waals surface area contributed by atoms with Crippen LogP contribution in [-0.2, 0) is 11.3 Å². The molecule has 6 heteroatoms. The molecule has 0 unspecified atom stereocenters. The minimum atomic E-state index is -0.157. The molecule has 0 bridgehead atoms. The topological polar surface area (TPSA) is 74.3 Å². The van der Waals surface area contributed by atoms with Crippen LogP contribution in [0.5, 0.6) is 0 Å². The molecule has 1 aliphatic heterocycles. The van der Waals surface area contributed by atoms with Crippen LogP contribution in [-0.4, -0.2) is 29.9 Å². The van der Waals surface area contributed by atoms with Crippen LogP contribution in [0.25, 0.3) is 0 Å². The highest BCUT2D eigenvalue weighted by molar-refractivity contribution is 6.02. The molecule has 1 fully saturated rings. The molecule has 130 valence electrons. The number of carbonyl (C=O) groups is 2. The molecule has 6 nitrogen and oxygen atoms in total. The highest BCUT2D eigenvalue weighted by Gasteiger charge is 2.20. The maximum absolute atomic E-state index is 12.8. The molecule has 0 aliphatic carbocycles. The predicted molar refractivity (Wildman–Crippen MR) is 97.6 cm³/mol. The standard InChI is InChI=1S/C19H22N4O2/c1-14(24)22-16-6-7-18(23-9-2-3-10-23)17(11-16)19(25)21-13-15-5-4-8-20-12-15/h4-8,11-12H,2-3,9-10,13H2,1H3,(H,21,25)(H,22,24). The fourth-order valence-corrected chi connectivity index (χ4v) is 3.01. The Kier molecular flexibility index (Phi) is 5.28. The van der Waals surface area contributed by atoms with Crippen LogP contribution in [0, 0.1) is 0 Å². The molecule has 0 spiro atoms. The SMILES string of the molecule is CC(=O)Nc1ccc(N2CCCC2)c(C(=O)NCc2cccnc2)c1. The lowest BCUT2D eigenvalue weighted by molar-refractivity contribution is -0.114. The number of nitrogens with zero attached hydrogens (tertiary/aromatic N) is 2. The summed E-state index contributed by atoms with van der Waals surface area (Å²) in [5.74, 6) is -0.311. The number of anilines is 2. The summed E-state index contributed by atoms with van der Waals surface area (Å²) in [4.78, 5) is 30.4. The zero-order valence-electron chi connectivity index (χ0n) is 14.3. The molecule has 1 aromatic heterocycles. The van der Waals surface area contributed by atoms with Crippen molar-refractivity contribution in [2.24, 2.45) is 0 Å². The van der Waals surface area contributed by atoms with Crippen LogP contribution in [0.4, 0.5) is 11.4 Å². The average molecular weight is 338 g/mol. The Balaban J connectivity index is 1.82. The van der Waals surface area contributed by atoms with Gasteiger partial charge in [-0.15, -0.1) is 0 Å². The van der Waals surface area contributed by atoms with Crippen molar-refractivity contribution in [2.45, 2.75) is 26.3 Å². The van der Waals surface area contributed by atoms with Gasteiger partial charge in [-0.25, -0.2) is 0 Å². The molecule has 2 N–H and O–H groups in total. The van der Waals surface area contributed by atoms with E-state index in [-0.39, 0.29) is 11.8 Å². The summed E-state index contributed by atoms with van der Waals surface area (Å²) in [6, 6.07) is 9.26. The van der Waals surface area contributed by atoms with Gasteiger partial charge in [-0.3, -0.25) is 14.6 Å². The zero-order chi connectivity index (χ0) is 17.6. The fraction of sp³-hybridized carbons (Fsp3) is 0.316. The van der Waals surface area contributed by atoms with Crippen LogP contribution in [0.15, 0.2) is 42.7 Å². The van der Waals surface area contributed by atoms with Gasteiger partial charge in [0.1, 0.15) is 0 Å². The number of rotatable bonds is 5. The van der Waals surface area contributed by atoms with Gasteiger partial charge in [0.2, 0.25) is 5.91 Å². The van der Waals surface area contributed by atoms with Gasteiger partial charge in [0.15, 0.2) is 0 Å². The lowest BCUT2D eigenvalue weighted by atomic mass is 10.1. The first-order valence-electron chi connectivity index (χ1n) is 8.47. The first kappa shape index (κ1) is 17.0. The van der Waals surface area contributed by atoms with Crippen LogP contribution in [0.2, 0.25) is 0 Å². The number of carbonyl (C=O) groups excluding carboxylic acids is 2. The molecule has 1 aliphatic rings. The minimum absolute atomic E-state index is 0.155. The number of amides is 2. The van der Waals surface area contributed by atoms with Gasteiger partial charge >= 0.3 is 0 Å². The second-order valence-corrected chi connectivity index (χ2v) is 6.15. The normalized spacial score (nSPS) is 13.6. The van der Waals surface area contributed by atoms with Crippen LogP contribution in [0.3, 0.4) is 0 Å². The first-order valence-corrected chi connectivity index (χ1v) is 8.47. The minimum Gasteiger partial charge on any atom is -0.371 e. The van der Waals surface area contributed by atoms with Gasteiger partial charge in [-0.2, -0.15) is 0 Å². The van der Waals surface area contributed by atoms with E-state index in [1.165, 1.54) is 6.92 Å². The number of hydrogen-bond acceptors (Lipinski definition) is 4. The Hall–Kier alpha value is -2.89. The molecular weight excluding hydrogens is 316 g/mol. The van der Waals surface area contributed by atoms with Crippen molar-refractivity contribution < 1.29 is 9.59 Å². The van der Waals surface area contributed by atoms with Crippen molar-refractivity contribution in [2.75, 3.05) is 23.3 Å². The van der Waals surface area contributed by atoms with E-state index in [0.29, 0.717) is 17.8 Å². The lowest BCUT2D eigenvalue weighted by Crippen LogP contribution is -2.27. The molecule has 1 aromatic carbocycles. The van der Waals surface area contributed by atoms with Crippen molar-refractivity contribution in [1.29, 1.82) is 0 Å². The van der Waals surface area contributed by atoms with E-state index in [2.05, 4.69) is 20.5 Å². The van der Waals surface area contributed by atoms with Crippen molar-refractivity contribution in [3.8, 4) is 0 Å². The van der Waals surface area contributed by atoms with E-state index in [9.17, 15) is 9.59 Å². The average Bonchev–Trinajstić information content (AvgIpc) is 3.14. The van der Waals surface area contributed by atoms with Crippen molar-refractivity contribution in [1.82, 2.24) is 10.3 Å². The highest BCUT2D eigenvalue weighted by atomic mass is 16.2. The summed E-state index contributed by atoms with van der Waals surface area (Å²) >= 11 is 0. The van der Waals surface area contributed by atoms with Crippen molar-refractivity contribution in [3.05, 3.63) is 53.9 Å². The van der Waals surface area contributed by atoms with Gasteiger partial charge in [-0.05, 0) is 42.7 Å². The van der Waals surface area contributed by atoms with Gasteiger partial charge in [0, 0.05) is 50.3 Å². The zero-order valence-corrected chi connectivity index (χ0v) is 14.3. The molecule has 2 amide bonds. The molecule has 0 radical (unpaired) electrons. The monoisotopic (exact) mass is 338 g/mol. The van der Waals surface area contributed by atoms with E-state index in [1.54, 1.807) is 18.5 Å². The highest BCUT2D eigenvalue weighted by Crippen LogP contribution is 2.27. The van der Waals surface area contributed by atoms with Crippen molar-refractivity contribution >= 4 is 23.2 Å². The van der Waals surface area contributed by atoms with E-state index in [0.717, 1.165) is 37.2 Å². The number of nitrogens with one attached hydrogen (secondary N) is 2. The van der Waals surface area contributed by atoms with Crippen LogP contribution in [0.1, 0.15) is 35.7 Å². The summed E-state index contributed by atoms with van der Waals surface area (Å²) in [6.45, 7) is 3.76. The molecule has 0 atom stereocenters. The van der Waals surface area contributed by atoms with E-state index in [1.807, 2.05) is 24.3 Å². The third kappa shape index (κ3) is 4.35. The maximum Gasteiger partial charge on any atom is 0.253 e. The summed E-state index contributed by atoms with van der Waals surface area (Å²) < 4.78 is 0. The molecule has 1 saturated heterocycles.